The number of nitrogens with two attached hydrogens (primary N) is 2. The van der Waals surface area contributed by atoms with Crippen LogP contribution in [-0.4, -0.2) is 14.0 Å². The minimum Gasteiger partial charge on any atom is -0.316 e. The van der Waals surface area contributed by atoms with Crippen LogP contribution in [0.4, 0.5) is 0 Å². The van der Waals surface area contributed by atoms with Gasteiger partial charge in [0.25, 0.3) is 0 Å². The van der Waals surface area contributed by atoms with Crippen LogP contribution < -0.4 is 11.5 Å². The second kappa shape index (κ2) is 4.15. The van der Waals surface area contributed by atoms with Crippen LogP contribution in [0.1, 0.15) is 12.8 Å². The van der Waals surface area contributed by atoms with Crippen molar-refractivity contribution >= 4 is 7.85 Å². The first-order chi connectivity index (χ1) is 3.27. The molecule has 0 aliphatic carbocycles. The van der Waals surface area contributed by atoms with E-state index in [1.54, 1.807) is 0 Å². The van der Waals surface area contributed by atoms with E-state index in [1.165, 1.54) is 0 Å². The van der Waals surface area contributed by atoms with Crippen LogP contribution in [0.2, 0.25) is 6.32 Å². The van der Waals surface area contributed by atoms with Crippen LogP contribution in [-0.2, 0) is 0 Å². The molecule has 0 saturated carbocycles. The largest absolute Gasteiger partial charge is 0.316 e. The van der Waals surface area contributed by atoms with Crippen LogP contribution in [0.5, 0.6) is 0 Å². The fourth-order valence-corrected chi connectivity index (χ4v) is 0.354. The first kappa shape index (κ1) is 6.98. The van der Waals surface area contributed by atoms with Gasteiger partial charge >= 0.3 is 0 Å². The molecule has 0 fully saturated rings. The Bertz CT molecular complexity index is 38.7. The standard InChI is InChI=1S/C4H11BN2/c5-3-1-2-4(6)7/h4H,1-3,6-7H2. The zero-order valence-electron chi connectivity index (χ0n) is 4.43. The lowest BCUT2D eigenvalue weighted by atomic mass is 10.00. The van der Waals surface area contributed by atoms with E-state index < -0.39 is 0 Å². The van der Waals surface area contributed by atoms with Crippen LogP contribution >= 0.6 is 0 Å². The average Bonchev–Trinajstić information content (AvgIpc) is 1.61. The third kappa shape index (κ3) is 5.98. The van der Waals surface area contributed by atoms with Gasteiger partial charge in [-0.25, -0.2) is 0 Å². The normalized spacial score (nSPS) is 10.1. The monoisotopic (exact) mass is 98.1 g/mol. The summed E-state index contributed by atoms with van der Waals surface area (Å²) in [5, 5.41) is 0. The molecule has 0 amide bonds. The molecule has 0 unspecified atom stereocenters. The van der Waals surface area contributed by atoms with E-state index >= 15 is 0 Å². The molecule has 2 nitrogen and oxygen atoms in total. The summed E-state index contributed by atoms with van der Waals surface area (Å²) in [6.45, 7) is 0. The predicted molar refractivity (Wildman–Crippen MR) is 32.0 cm³/mol. The van der Waals surface area contributed by atoms with Gasteiger partial charge in [0.1, 0.15) is 0 Å². The molecule has 0 aromatic rings. The maximum atomic E-state index is 5.20. The van der Waals surface area contributed by atoms with Crippen molar-refractivity contribution in [2.75, 3.05) is 0 Å². The second-order valence-corrected chi connectivity index (χ2v) is 1.59. The number of hydrogen-bond acceptors (Lipinski definition) is 2. The van der Waals surface area contributed by atoms with Gasteiger partial charge in [0.15, 0.2) is 0 Å². The Hall–Kier alpha value is -0.0151. The van der Waals surface area contributed by atoms with Gasteiger partial charge in [-0.2, -0.15) is 0 Å². The Morgan fingerprint density at radius 2 is 2.00 bits per heavy atom. The highest BCUT2D eigenvalue weighted by Crippen LogP contribution is 1.90. The van der Waals surface area contributed by atoms with Crippen molar-refractivity contribution in [3.05, 3.63) is 0 Å². The molecule has 4 N–H and O–H groups in total. The summed E-state index contributed by atoms with van der Waals surface area (Å²) in [4.78, 5) is 0. The van der Waals surface area contributed by atoms with Gasteiger partial charge in [-0.15, -0.1) is 0 Å². The summed E-state index contributed by atoms with van der Waals surface area (Å²) in [7, 11) is 5.17. The molecule has 0 aromatic carbocycles. The maximum absolute atomic E-state index is 5.20. The zero-order valence-corrected chi connectivity index (χ0v) is 4.43. The van der Waals surface area contributed by atoms with Gasteiger partial charge in [0.05, 0.1) is 14.0 Å². The highest BCUT2D eigenvalue weighted by atomic mass is 14.8. The van der Waals surface area contributed by atoms with Gasteiger partial charge in [0, 0.05) is 0 Å². The van der Waals surface area contributed by atoms with Crippen molar-refractivity contribution in [3.63, 3.8) is 0 Å². The summed E-state index contributed by atoms with van der Waals surface area (Å²) in [6.07, 6.45) is 2.27. The SMILES string of the molecule is [B]CCCC(N)N. The molecule has 0 aliphatic rings. The molecular weight excluding hydrogens is 86.9 g/mol. The molecule has 0 aromatic heterocycles. The van der Waals surface area contributed by atoms with Crippen molar-refractivity contribution in [3.8, 4) is 0 Å². The quantitative estimate of drug-likeness (QED) is 0.372. The Balaban J connectivity index is 2.68. The number of rotatable bonds is 3. The van der Waals surface area contributed by atoms with Crippen LogP contribution in [0.15, 0.2) is 0 Å². The average molecular weight is 98.0 g/mol. The molecule has 7 heavy (non-hydrogen) atoms. The van der Waals surface area contributed by atoms with Crippen molar-refractivity contribution in [2.45, 2.75) is 25.3 Å². The highest BCUT2D eigenvalue weighted by Gasteiger charge is 1.88. The van der Waals surface area contributed by atoms with Crippen molar-refractivity contribution in [1.82, 2.24) is 0 Å². The Labute approximate surface area is 45.7 Å². The molecule has 3 heteroatoms. The van der Waals surface area contributed by atoms with Gasteiger partial charge in [-0.1, -0.05) is 12.7 Å². The molecule has 0 atom stereocenters. The molecule has 0 bridgehead atoms. The zero-order chi connectivity index (χ0) is 5.70. The third-order valence-electron chi connectivity index (χ3n) is 0.742. The predicted octanol–water partition coefficient (Wildman–Crippen LogP) is -0.403. The molecule has 0 heterocycles. The van der Waals surface area contributed by atoms with Crippen molar-refractivity contribution in [1.29, 1.82) is 0 Å². The van der Waals surface area contributed by atoms with E-state index in [4.69, 9.17) is 19.3 Å². The van der Waals surface area contributed by atoms with E-state index in [9.17, 15) is 0 Å². The maximum Gasteiger partial charge on any atom is 0.0653 e. The molecule has 2 radical (unpaired) electrons. The Morgan fingerprint density at radius 1 is 1.43 bits per heavy atom. The molecule has 0 spiro atoms. The van der Waals surface area contributed by atoms with Crippen LogP contribution in [0.25, 0.3) is 0 Å². The van der Waals surface area contributed by atoms with Crippen LogP contribution in [0.3, 0.4) is 0 Å². The lowest BCUT2D eigenvalue weighted by Crippen LogP contribution is -2.29. The minimum atomic E-state index is -0.177. The topological polar surface area (TPSA) is 52.0 Å². The first-order valence-electron chi connectivity index (χ1n) is 2.48. The summed E-state index contributed by atoms with van der Waals surface area (Å²) in [5.74, 6) is 0. The molecule has 0 aliphatic heterocycles. The Morgan fingerprint density at radius 3 is 2.14 bits per heavy atom. The second-order valence-electron chi connectivity index (χ2n) is 1.59. The van der Waals surface area contributed by atoms with Crippen LogP contribution in [0, 0.1) is 0 Å². The first-order valence-corrected chi connectivity index (χ1v) is 2.48. The lowest BCUT2D eigenvalue weighted by Gasteiger charge is -2.00. The van der Waals surface area contributed by atoms with E-state index in [1.807, 2.05) is 0 Å². The summed E-state index contributed by atoms with van der Waals surface area (Å²) < 4.78 is 0. The summed E-state index contributed by atoms with van der Waals surface area (Å²) in [6, 6.07) is 0. The third-order valence-corrected chi connectivity index (χ3v) is 0.742. The summed E-state index contributed by atoms with van der Waals surface area (Å²) in [5.41, 5.74) is 10.4. The fraction of sp³-hybridized carbons (Fsp3) is 1.00. The summed E-state index contributed by atoms with van der Waals surface area (Å²) >= 11 is 0. The smallest absolute Gasteiger partial charge is 0.0653 e. The van der Waals surface area contributed by atoms with Gasteiger partial charge in [-0.05, 0) is 6.42 Å². The fourth-order valence-electron chi connectivity index (χ4n) is 0.354. The Kier molecular flexibility index (Phi) is 4.14. The van der Waals surface area contributed by atoms with Crippen molar-refractivity contribution < 1.29 is 0 Å². The van der Waals surface area contributed by atoms with E-state index in [-0.39, 0.29) is 6.17 Å². The molecule has 40 valence electrons. The molecule has 0 saturated heterocycles. The minimum absolute atomic E-state index is 0.177. The van der Waals surface area contributed by atoms with E-state index in [0.29, 0.717) is 6.32 Å². The van der Waals surface area contributed by atoms with Crippen molar-refractivity contribution in [2.24, 2.45) is 11.5 Å². The molecular formula is C4H11BN2. The van der Waals surface area contributed by atoms with Gasteiger partial charge < -0.3 is 11.5 Å². The lowest BCUT2D eigenvalue weighted by molar-refractivity contribution is 0.627. The van der Waals surface area contributed by atoms with Gasteiger partial charge in [-0.3, -0.25) is 0 Å². The van der Waals surface area contributed by atoms with Gasteiger partial charge in [0.2, 0.25) is 0 Å². The number of hydrogen-bond donors (Lipinski definition) is 2. The van der Waals surface area contributed by atoms with E-state index in [0.717, 1.165) is 12.8 Å². The highest BCUT2D eigenvalue weighted by molar-refractivity contribution is 6.08. The molecule has 0 rings (SSSR count). The van der Waals surface area contributed by atoms with E-state index in [2.05, 4.69) is 0 Å².